The Labute approximate surface area is 147 Å². The van der Waals surface area contributed by atoms with E-state index >= 15 is 0 Å². The van der Waals surface area contributed by atoms with E-state index in [0.29, 0.717) is 22.4 Å². The highest BCUT2D eigenvalue weighted by atomic mass is 16.5. The maximum Gasteiger partial charge on any atom is 0.344 e. The van der Waals surface area contributed by atoms with Crippen LogP contribution in [0.2, 0.25) is 0 Å². The van der Waals surface area contributed by atoms with Crippen molar-refractivity contribution in [3.8, 4) is 11.5 Å². The van der Waals surface area contributed by atoms with Crippen LogP contribution in [0.3, 0.4) is 0 Å². The number of hydrogen-bond acceptors (Lipinski definition) is 6. The summed E-state index contributed by atoms with van der Waals surface area (Å²) in [5.74, 6) is -1.68. The number of para-hydroxylation sites is 1. The number of carboxylic acids is 2. The highest BCUT2D eigenvalue weighted by Gasteiger charge is 2.16. The molecule has 0 aliphatic carbocycles. The lowest BCUT2D eigenvalue weighted by Crippen LogP contribution is -2.13. The second-order valence-corrected chi connectivity index (χ2v) is 5.13. The topological polar surface area (TPSA) is 122 Å². The highest BCUT2D eigenvalue weighted by molar-refractivity contribution is 6.12. The van der Waals surface area contributed by atoms with Crippen LogP contribution < -0.4 is 10.1 Å². The van der Waals surface area contributed by atoms with E-state index in [4.69, 9.17) is 14.9 Å². The minimum atomic E-state index is -1.56. The zero-order valence-electron chi connectivity index (χ0n) is 13.3. The number of anilines is 1. The zero-order valence-corrected chi connectivity index (χ0v) is 13.3. The number of aromatic nitrogens is 2. The molecule has 1 heterocycles. The molecule has 8 heteroatoms. The summed E-state index contributed by atoms with van der Waals surface area (Å²) >= 11 is 0. The number of nitrogens with one attached hydrogen (secondary N) is 1. The molecule has 26 heavy (non-hydrogen) atoms. The Kier molecular flexibility index (Phi) is 4.75. The fraction of sp³-hybridized carbons (Fsp3) is 0. The van der Waals surface area contributed by atoms with Crippen molar-refractivity contribution in [2.75, 3.05) is 5.32 Å². The number of ether oxygens (including phenoxy) is 1. The lowest BCUT2D eigenvalue weighted by Gasteiger charge is -2.09. The van der Waals surface area contributed by atoms with Crippen LogP contribution in [0.5, 0.6) is 11.5 Å². The third-order valence-electron chi connectivity index (χ3n) is 3.40. The second kappa shape index (κ2) is 7.31. The molecule has 0 saturated heterocycles. The van der Waals surface area contributed by atoms with Crippen molar-refractivity contribution in [2.24, 2.45) is 0 Å². The molecule has 1 aromatic heterocycles. The Morgan fingerprint density at radius 2 is 1.69 bits per heavy atom. The molecular formula is C18H13N3O5. The minimum Gasteiger partial charge on any atom is -0.477 e. The van der Waals surface area contributed by atoms with Gasteiger partial charge in [0.15, 0.2) is 5.57 Å². The van der Waals surface area contributed by atoms with E-state index in [-0.39, 0.29) is 5.82 Å². The molecule has 0 aliphatic heterocycles. The van der Waals surface area contributed by atoms with E-state index in [1.807, 2.05) is 18.2 Å². The van der Waals surface area contributed by atoms with Gasteiger partial charge in [0.05, 0.1) is 5.52 Å². The van der Waals surface area contributed by atoms with Crippen LogP contribution in [-0.4, -0.2) is 32.1 Å². The number of carbonyl (C=O) groups is 2. The first kappa shape index (κ1) is 16.9. The van der Waals surface area contributed by atoms with Crippen molar-refractivity contribution >= 4 is 28.7 Å². The summed E-state index contributed by atoms with van der Waals surface area (Å²) in [6, 6.07) is 14.3. The molecule has 0 aliphatic rings. The summed E-state index contributed by atoms with van der Waals surface area (Å²) in [5.41, 5.74) is -0.225. The van der Waals surface area contributed by atoms with Crippen molar-refractivity contribution < 1.29 is 24.5 Å². The number of fused-ring (bicyclic) bond motifs is 1. The zero-order chi connectivity index (χ0) is 18.5. The van der Waals surface area contributed by atoms with Crippen LogP contribution >= 0.6 is 0 Å². The van der Waals surface area contributed by atoms with Gasteiger partial charge in [0.2, 0.25) is 0 Å². The Hall–Kier alpha value is -3.94. The van der Waals surface area contributed by atoms with Gasteiger partial charge in [-0.05, 0) is 30.3 Å². The standard InChI is InChI=1S/C18H13N3O5/c22-17(23)14(18(24)25)9-19-16-13-8-12(6-7-15(13)20-10-21-16)26-11-4-2-1-3-5-11/h1-10H,(H,22,23)(H,24,25)(H,19,20,21). The molecule has 3 rings (SSSR count). The number of carboxylic acid groups (broad SMARTS) is 2. The largest absolute Gasteiger partial charge is 0.477 e. The normalized spacial score (nSPS) is 10.2. The van der Waals surface area contributed by atoms with Gasteiger partial charge >= 0.3 is 11.9 Å². The molecule has 0 spiro atoms. The number of nitrogens with zero attached hydrogens (tertiary/aromatic N) is 2. The van der Waals surface area contributed by atoms with Crippen molar-refractivity contribution in [3.05, 3.63) is 66.6 Å². The van der Waals surface area contributed by atoms with E-state index in [2.05, 4.69) is 15.3 Å². The molecule has 3 N–H and O–H groups in total. The smallest absolute Gasteiger partial charge is 0.344 e. The van der Waals surface area contributed by atoms with Gasteiger partial charge in [-0.2, -0.15) is 0 Å². The predicted octanol–water partition coefficient (Wildman–Crippen LogP) is 2.89. The van der Waals surface area contributed by atoms with Gasteiger partial charge in [0.1, 0.15) is 23.6 Å². The van der Waals surface area contributed by atoms with Crippen molar-refractivity contribution in [2.45, 2.75) is 0 Å². The number of aliphatic carboxylic acids is 2. The average Bonchev–Trinajstić information content (AvgIpc) is 2.62. The quantitative estimate of drug-likeness (QED) is 0.352. The third-order valence-corrected chi connectivity index (χ3v) is 3.40. The van der Waals surface area contributed by atoms with Gasteiger partial charge in [-0.1, -0.05) is 18.2 Å². The molecule has 0 bridgehead atoms. The molecular weight excluding hydrogens is 338 g/mol. The molecule has 130 valence electrons. The molecule has 2 aromatic carbocycles. The molecule has 8 nitrogen and oxygen atoms in total. The van der Waals surface area contributed by atoms with Gasteiger partial charge in [-0.3, -0.25) is 0 Å². The fourth-order valence-corrected chi connectivity index (χ4v) is 2.19. The van der Waals surface area contributed by atoms with Crippen LogP contribution in [0.4, 0.5) is 5.82 Å². The van der Waals surface area contributed by atoms with Crippen LogP contribution in [0, 0.1) is 0 Å². The van der Waals surface area contributed by atoms with Crippen molar-refractivity contribution in [1.29, 1.82) is 0 Å². The van der Waals surface area contributed by atoms with Gasteiger partial charge in [0.25, 0.3) is 0 Å². The molecule has 3 aromatic rings. The first-order chi connectivity index (χ1) is 12.5. The molecule has 0 saturated carbocycles. The molecule has 0 fully saturated rings. The SMILES string of the molecule is O=C(O)C(=CNc1ncnc2ccc(Oc3ccccc3)cc12)C(=O)O. The number of hydrogen-bond donors (Lipinski definition) is 3. The van der Waals surface area contributed by atoms with Crippen molar-refractivity contribution in [1.82, 2.24) is 9.97 Å². The Bertz CT molecular complexity index is 986. The lowest BCUT2D eigenvalue weighted by atomic mass is 10.2. The minimum absolute atomic E-state index is 0.258. The van der Waals surface area contributed by atoms with E-state index in [1.165, 1.54) is 6.33 Å². The van der Waals surface area contributed by atoms with E-state index in [1.54, 1.807) is 30.3 Å². The predicted molar refractivity (Wildman–Crippen MR) is 93.0 cm³/mol. The van der Waals surface area contributed by atoms with E-state index < -0.39 is 17.5 Å². The second-order valence-electron chi connectivity index (χ2n) is 5.13. The summed E-state index contributed by atoms with van der Waals surface area (Å²) in [6.45, 7) is 0. The maximum atomic E-state index is 10.9. The molecule has 0 atom stereocenters. The Morgan fingerprint density at radius 1 is 0.962 bits per heavy atom. The number of rotatable bonds is 6. The fourth-order valence-electron chi connectivity index (χ4n) is 2.19. The van der Waals surface area contributed by atoms with Crippen molar-refractivity contribution in [3.63, 3.8) is 0 Å². The summed E-state index contributed by atoms with van der Waals surface area (Å²) < 4.78 is 5.76. The molecule has 0 radical (unpaired) electrons. The first-order valence-electron chi connectivity index (χ1n) is 7.45. The van der Waals surface area contributed by atoms with Gasteiger partial charge in [-0.15, -0.1) is 0 Å². The lowest BCUT2D eigenvalue weighted by molar-refractivity contribution is -0.140. The van der Waals surface area contributed by atoms with Crippen LogP contribution in [0.15, 0.2) is 66.6 Å². The summed E-state index contributed by atoms with van der Waals surface area (Å²) in [4.78, 5) is 30.0. The van der Waals surface area contributed by atoms with Gasteiger partial charge < -0.3 is 20.3 Å². The van der Waals surface area contributed by atoms with E-state index in [0.717, 1.165) is 6.20 Å². The summed E-state index contributed by atoms with van der Waals surface area (Å²) in [5, 5.41) is 21.0. The average molecular weight is 351 g/mol. The Morgan fingerprint density at radius 3 is 2.38 bits per heavy atom. The van der Waals surface area contributed by atoms with Gasteiger partial charge in [-0.25, -0.2) is 19.6 Å². The monoisotopic (exact) mass is 351 g/mol. The molecule has 0 unspecified atom stereocenters. The molecule has 0 amide bonds. The van der Waals surface area contributed by atoms with Crippen LogP contribution in [0.25, 0.3) is 10.9 Å². The number of benzene rings is 2. The maximum absolute atomic E-state index is 10.9. The Balaban J connectivity index is 1.95. The third kappa shape index (κ3) is 3.75. The van der Waals surface area contributed by atoms with Crippen LogP contribution in [-0.2, 0) is 9.59 Å². The summed E-state index contributed by atoms with van der Waals surface area (Å²) in [7, 11) is 0. The van der Waals surface area contributed by atoms with E-state index in [9.17, 15) is 9.59 Å². The van der Waals surface area contributed by atoms with Crippen LogP contribution in [0.1, 0.15) is 0 Å². The van der Waals surface area contributed by atoms with Gasteiger partial charge in [0, 0.05) is 11.6 Å². The first-order valence-corrected chi connectivity index (χ1v) is 7.45. The summed E-state index contributed by atoms with van der Waals surface area (Å²) in [6.07, 6.45) is 2.16. The highest BCUT2D eigenvalue weighted by Crippen LogP contribution is 2.27.